The molecule has 3 aromatic carbocycles. The second-order valence-electron chi connectivity index (χ2n) is 6.40. The Morgan fingerprint density at radius 1 is 0.704 bits per heavy atom. The first kappa shape index (κ1) is 19.9. The molecule has 0 fully saturated rings. The minimum atomic E-state index is 0.609. The van der Waals surface area contributed by atoms with Gasteiger partial charge in [-0.2, -0.15) is 11.8 Å². The lowest BCUT2D eigenvalue weighted by Crippen LogP contribution is -1.94. The molecule has 0 spiro atoms. The van der Waals surface area contributed by atoms with E-state index < -0.39 is 0 Å². The Morgan fingerprint density at radius 2 is 1.37 bits per heavy atom. The molecule has 0 aliphatic carbocycles. The number of ether oxygens (including phenoxy) is 1. The van der Waals surface area contributed by atoms with E-state index in [1.54, 1.807) is 0 Å². The fourth-order valence-corrected chi connectivity index (χ4v) is 4.32. The predicted octanol–water partition coefficient (Wildman–Crippen LogP) is 7.20. The normalized spacial score (nSPS) is 10.7. The minimum absolute atomic E-state index is 0.609. The van der Waals surface area contributed by atoms with Crippen LogP contribution in [0.1, 0.15) is 30.0 Å². The summed E-state index contributed by atoms with van der Waals surface area (Å²) >= 11 is 3.89. The molecule has 1 nitrogen and oxygen atoms in total. The van der Waals surface area contributed by atoms with Crippen molar-refractivity contribution in [2.24, 2.45) is 0 Å². The molecule has 0 saturated carbocycles. The van der Waals surface area contributed by atoms with Crippen LogP contribution in [0.2, 0.25) is 0 Å². The van der Waals surface area contributed by atoms with Gasteiger partial charge in [0.2, 0.25) is 0 Å². The van der Waals surface area contributed by atoms with E-state index >= 15 is 0 Å². The van der Waals surface area contributed by atoms with Gasteiger partial charge >= 0.3 is 0 Å². The quantitative estimate of drug-likeness (QED) is 0.266. The molecule has 0 saturated heterocycles. The van der Waals surface area contributed by atoms with Gasteiger partial charge in [0.25, 0.3) is 0 Å². The molecule has 3 aromatic rings. The third kappa shape index (κ3) is 7.00. The number of rotatable bonds is 10. The third-order valence-electron chi connectivity index (χ3n) is 4.12. The van der Waals surface area contributed by atoms with Gasteiger partial charge in [-0.05, 0) is 53.1 Å². The summed E-state index contributed by atoms with van der Waals surface area (Å²) in [6.45, 7) is 2.84. The monoisotopic (exact) mass is 394 g/mol. The van der Waals surface area contributed by atoms with Gasteiger partial charge < -0.3 is 4.74 Å². The van der Waals surface area contributed by atoms with Crippen molar-refractivity contribution in [3.05, 3.63) is 95.6 Å². The lowest BCUT2D eigenvalue weighted by molar-refractivity contribution is 0.306. The zero-order valence-electron chi connectivity index (χ0n) is 15.8. The van der Waals surface area contributed by atoms with Crippen molar-refractivity contribution in [2.45, 2.75) is 36.4 Å². The van der Waals surface area contributed by atoms with Crippen LogP contribution in [0.4, 0.5) is 0 Å². The summed E-state index contributed by atoms with van der Waals surface area (Å²) in [5.41, 5.74) is 3.92. The van der Waals surface area contributed by atoms with E-state index in [0.717, 1.165) is 17.3 Å². The molecule has 3 heteroatoms. The zero-order chi connectivity index (χ0) is 18.7. The molecule has 0 aromatic heterocycles. The van der Waals surface area contributed by atoms with Crippen LogP contribution in [0.15, 0.2) is 83.8 Å². The Hall–Kier alpha value is -1.84. The standard InChI is InChI=1S/C24H26OS2/c1-2-16-26-18-21-10-14-24(15-11-21)27-19-22-8-12-23(13-9-22)25-17-20-6-4-3-5-7-20/h3-15H,2,16-19H2,1H3. The first-order valence-corrected chi connectivity index (χ1v) is 11.5. The van der Waals surface area contributed by atoms with Crippen LogP contribution < -0.4 is 4.74 Å². The maximum absolute atomic E-state index is 5.85. The molecule has 27 heavy (non-hydrogen) atoms. The fourth-order valence-electron chi connectivity index (χ4n) is 2.61. The van der Waals surface area contributed by atoms with Gasteiger partial charge in [-0.1, -0.05) is 61.5 Å². The minimum Gasteiger partial charge on any atom is -0.489 e. The molecule has 0 aliphatic rings. The second kappa shape index (κ2) is 11.1. The number of thioether (sulfide) groups is 2. The van der Waals surface area contributed by atoms with Crippen LogP contribution in [-0.4, -0.2) is 5.75 Å². The van der Waals surface area contributed by atoms with Crippen molar-refractivity contribution in [1.82, 2.24) is 0 Å². The van der Waals surface area contributed by atoms with Gasteiger partial charge in [-0.15, -0.1) is 11.8 Å². The average molecular weight is 395 g/mol. The average Bonchev–Trinajstić information content (AvgIpc) is 2.73. The Bertz CT molecular complexity index is 783. The van der Waals surface area contributed by atoms with Gasteiger partial charge in [-0.25, -0.2) is 0 Å². The molecule has 0 atom stereocenters. The van der Waals surface area contributed by atoms with Crippen molar-refractivity contribution in [3.8, 4) is 5.75 Å². The summed E-state index contributed by atoms with van der Waals surface area (Å²) in [5.74, 6) is 4.25. The van der Waals surface area contributed by atoms with E-state index in [9.17, 15) is 0 Å². The van der Waals surface area contributed by atoms with Gasteiger partial charge in [0.15, 0.2) is 0 Å². The van der Waals surface area contributed by atoms with Crippen LogP contribution in [0, 0.1) is 0 Å². The van der Waals surface area contributed by atoms with Crippen LogP contribution in [0.3, 0.4) is 0 Å². The molecule has 0 amide bonds. The number of hydrogen-bond acceptors (Lipinski definition) is 3. The van der Waals surface area contributed by atoms with Gasteiger partial charge in [-0.3, -0.25) is 0 Å². The molecule has 0 aliphatic heterocycles. The molecule has 0 radical (unpaired) electrons. The Kier molecular flexibility index (Phi) is 8.19. The van der Waals surface area contributed by atoms with Crippen molar-refractivity contribution in [1.29, 1.82) is 0 Å². The first-order valence-electron chi connectivity index (χ1n) is 9.38. The Morgan fingerprint density at radius 3 is 2.07 bits per heavy atom. The molecular formula is C24H26OS2. The maximum atomic E-state index is 5.85. The molecule has 0 unspecified atom stereocenters. The largest absolute Gasteiger partial charge is 0.489 e. The number of benzene rings is 3. The molecule has 0 N–H and O–H groups in total. The molecule has 3 rings (SSSR count). The summed E-state index contributed by atoms with van der Waals surface area (Å²) in [5, 5.41) is 0. The van der Waals surface area contributed by atoms with E-state index in [1.807, 2.05) is 41.7 Å². The summed E-state index contributed by atoms with van der Waals surface area (Å²) in [7, 11) is 0. The zero-order valence-corrected chi connectivity index (χ0v) is 17.4. The fraction of sp³-hybridized carbons (Fsp3) is 0.250. The highest BCUT2D eigenvalue weighted by atomic mass is 32.2. The van der Waals surface area contributed by atoms with E-state index in [2.05, 4.69) is 67.6 Å². The van der Waals surface area contributed by atoms with E-state index in [-0.39, 0.29) is 0 Å². The SMILES string of the molecule is CCCSCc1ccc(SCc2ccc(OCc3ccccc3)cc2)cc1. The summed E-state index contributed by atoms with van der Waals surface area (Å²) in [4.78, 5) is 1.32. The second-order valence-corrected chi connectivity index (χ2v) is 8.56. The molecule has 140 valence electrons. The van der Waals surface area contributed by atoms with Crippen molar-refractivity contribution in [2.75, 3.05) is 5.75 Å². The highest BCUT2D eigenvalue weighted by Gasteiger charge is 2.00. The van der Waals surface area contributed by atoms with Crippen LogP contribution in [-0.2, 0) is 18.1 Å². The van der Waals surface area contributed by atoms with Crippen molar-refractivity contribution in [3.63, 3.8) is 0 Å². The lowest BCUT2D eigenvalue weighted by atomic mass is 10.2. The summed E-state index contributed by atoms with van der Waals surface area (Å²) in [6.07, 6.45) is 1.24. The van der Waals surface area contributed by atoms with Gasteiger partial charge in [0.05, 0.1) is 0 Å². The highest BCUT2D eigenvalue weighted by Crippen LogP contribution is 2.25. The highest BCUT2D eigenvalue weighted by molar-refractivity contribution is 7.98. The molecular weight excluding hydrogens is 368 g/mol. The topological polar surface area (TPSA) is 9.23 Å². The lowest BCUT2D eigenvalue weighted by Gasteiger charge is -2.08. The number of hydrogen-bond donors (Lipinski definition) is 0. The van der Waals surface area contributed by atoms with Crippen LogP contribution in [0.25, 0.3) is 0 Å². The van der Waals surface area contributed by atoms with Gasteiger partial charge in [0, 0.05) is 16.4 Å². The van der Waals surface area contributed by atoms with Crippen LogP contribution >= 0.6 is 23.5 Å². The predicted molar refractivity (Wildman–Crippen MR) is 120 cm³/mol. The summed E-state index contributed by atoms with van der Waals surface area (Å²) in [6, 6.07) is 27.7. The molecule has 0 bridgehead atoms. The first-order chi connectivity index (χ1) is 13.3. The van der Waals surface area contributed by atoms with E-state index in [0.29, 0.717) is 6.61 Å². The smallest absolute Gasteiger partial charge is 0.119 e. The van der Waals surface area contributed by atoms with Crippen molar-refractivity contribution >= 4 is 23.5 Å². The Labute approximate surface area is 171 Å². The maximum Gasteiger partial charge on any atom is 0.119 e. The van der Waals surface area contributed by atoms with Crippen LogP contribution in [0.5, 0.6) is 5.75 Å². The van der Waals surface area contributed by atoms with E-state index in [4.69, 9.17) is 4.74 Å². The third-order valence-corrected chi connectivity index (χ3v) is 6.44. The van der Waals surface area contributed by atoms with Crippen molar-refractivity contribution < 1.29 is 4.74 Å². The summed E-state index contributed by atoms with van der Waals surface area (Å²) < 4.78 is 5.85. The Balaban J connectivity index is 1.44. The van der Waals surface area contributed by atoms with E-state index in [1.165, 1.54) is 33.8 Å². The van der Waals surface area contributed by atoms with Gasteiger partial charge in [0.1, 0.15) is 12.4 Å². The molecule has 0 heterocycles.